The van der Waals surface area contributed by atoms with Crippen LogP contribution in [0.3, 0.4) is 0 Å². The zero-order valence-electron chi connectivity index (χ0n) is 14.5. The van der Waals surface area contributed by atoms with Crippen molar-refractivity contribution in [3.05, 3.63) is 65.5 Å². The Kier molecular flexibility index (Phi) is 5.49. The van der Waals surface area contributed by atoms with Gasteiger partial charge in [0.05, 0.1) is 0 Å². The second kappa shape index (κ2) is 7.99. The summed E-state index contributed by atoms with van der Waals surface area (Å²) in [5, 5.41) is 12.0. The summed E-state index contributed by atoms with van der Waals surface area (Å²) in [6.45, 7) is 0.391. The molecule has 140 valence electrons. The minimum Gasteiger partial charge on any atom is -0.480 e. The van der Waals surface area contributed by atoms with Gasteiger partial charge in [-0.1, -0.05) is 6.07 Å². The van der Waals surface area contributed by atoms with E-state index in [2.05, 4.69) is 5.32 Å². The summed E-state index contributed by atoms with van der Waals surface area (Å²) in [5.41, 5.74) is 0.995. The van der Waals surface area contributed by atoms with Crippen LogP contribution in [0.2, 0.25) is 0 Å². The van der Waals surface area contributed by atoms with E-state index in [-0.39, 0.29) is 11.5 Å². The van der Waals surface area contributed by atoms with Crippen molar-refractivity contribution in [1.29, 1.82) is 0 Å². The number of nitrogens with one attached hydrogen (secondary N) is 1. The number of amides is 2. The number of likely N-dealkylation sites (tertiary alicyclic amines) is 1. The molecule has 1 atom stereocenters. The third-order valence-corrected chi connectivity index (χ3v) is 4.52. The van der Waals surface area contributed by atoms with E-state index >= 15 is 0 Å². The maximum atomic E-state index is 13.0. The van der Waals surface area contributed by atoms with Gasteiger partial charge in [-0.05, 0) is 61.7 Å². The molecule has 0 unspecified atom stereocenters. The van der Waals surface area contributed by atoms with E-state index < -0.39 is 23.7 Å². The van der Waals surface area contributed by atoms with Crippen LogP contribution in [0.25, 0.3) is 0 Å². The lowest BCUT2D eigenvalue weighted by Gasteiger charge is -2.33. The average Bonchev–Trinajstić information content (AvgIpc) is 2.68. The van der Waals surface area contributed by atoms with E-state index in [9.17, 15) is 23.9 Å². The molecule has 7 heteroatoms. The monoisotopic (exact) mass is 370 g/mol. The zero-order valence-corrected chi connectivity index (χ0v) is 14.5. The molecule has 1 aliphatic heterocycles. The molecule has 2 aromatic carbocycles. The van der Waals surface area contributed by atoms with Gasteiger partial charge in [0.2, 0.25) is 0 Å². The van der Waals surface area contributed by atoms with Gasteiger partial charge in [0.15, 0.2) is 0 Å². The summed E-state index contributed by atoms with van der Waals surface area (Å²) in [5.74, 6) is -2.25. The molecular formula is C20H19FN2O4. The third kappa shape index (κ3) is 4.31. The Morgan fingerprint density at radius 2 is 1.78 bits per heavy atom. The number of anilines is 1. The number of halogens is 1. The molecule has 2 aromatic rings. The Labute approximate surface area is 155 Å². The normalized spacial score (nSPS) is 16.6. The van der Waals surface area contributed by atoms with Gasteiger partial charge in [-0.25, -0.2) is 9.18 Å². The number of benzene rings is 2. The third-order valence-electron chi connectivity index (χ3n) is 4.52. The predicted octanol–water partition coefficient (Wildman–Crippen LogP) is 3.16. The van der Waals surface area contributed by atoms with Gasteiger partial charge in [-0.3, -0.25) is 9.59 Å². The van der Waals surface area contributed by atoms with E-state index in [1.165, 1.54) is 35.2 Å². The van der Waals surface area contributed by atoms with Crippen molar-refractivity contribution in [1.82, 2.24) is 4.90 Å². The van der Waals surface area contributed by atoms with Crippen LogP contribution in [0, 0.1) is 5.82 Å². The summed E-state index contributed by atoms with van der Waals surface area (Å²) in [6, 6.07) is 10.6. The van der Waals surface area contributed by atoms with Crippen molar-refractivity contribution >= 4 is 23.5 Å². The highest BCUT2D eigenvalue weighted by Gasteiger charge is 2.32. The molecule has 3 rings (SSSR count). The second-order valence-electron chi connectivity index (χ2n) is 6.39. The molecule has 1 aliphatic rings. The van der Waals surface area contributed by atoms with Gasteiger partial charge in [0.1, 0.15) is 11.9 Å². The SMILES string of the molecule is O=C(Nc1cccc(C(=O)N2CCCC[C@@H]2C(=O)O)c1)c1ccc(F)cc1. The Balaban J connectivity index is 1.76. The van der Waals surface area contributed by atoms with Crippen molar-refractivity contribution in [2.45, 2.75) is 25.3 Å². The number of nitrogens with zero attached hydrogens (tertiary/aromatic N) is 1. The van der Waals surface area contributed by atoms with Crippen molar-refractivity contribution < 1.29 is 23.9 Å². The number of hydrogen-bond donors (Lipinski definition) is 2. The number of carbonyl (C=O) groups excluding carboxylic acids is 2. The topological polar surface area (TPSA) is 86.7 Å². The lowest BCUT2D eigenvalue weighted by atomic mass is 10.0. The van der Waals surface area contributed by atoms with E-state index in [1.807, 2.05) is 0 Å². The van der Waals surface area contributed by atoms with Gasteiger partial charge in [0.25, 0.3) is 11.8 Å². The number of aliphatic carboxylic acids is 1. The molecule has 0 aliphatic carbocycles. The molecule has 1 saturated heterocycles. The van der Waals surface area contributed by atoms with Gasteiger partial charge >= 0.3 is 5.97 Å². The number of carboxylic acid groups (broad SMARTS) is 1. The first-order valence-electron chi connectivity index (χ1n) is 8.66. The maximum Gasteiger partial charge on any atom is 0.326 e. The minimum atomic E-state index is -1.01. The van der Waals surface area contributed by atoms with E-state index in [4.69, 9.17) is 0 Å². The molecule has 0 radical (unpaired) electrons. The number of carboxylic acids is 1. The zero-order chi connectivity index (χ0) is 19.4. The quantitative estimate of drug-likeness (QED) is 0.866. The molecule has 0 bridgehead atoms. The first-order chi connectivity index (χ1) is 13.0. The van der Waals surface area contributed by atoms with Crippen LogP contribution in [0.4, 0.5) is 10.1 Å². The van der Waals surface area contributed by atoms with Crippen molar-refractivity contribution in [3.8, 4) is 0 Å². The van der Waals surface area contributed by atoms with Crippen LogP contribution in [0.5, 0.6) is 0 Å². The molecule has 0 saturated carbocycles. The van der Waals surface area contributed by atoms with Crippen LogP contribution in [-0.2, 0) is 4.79 Å². The molecule has 6 nitrogen and oxygen atoms in total. The number of piperidine rings is 1. The van der Waals surface area contributed by atoms with Crippen molar-refractivity contribution in [2.75, 3.05) is 11.9 Å². The molecule has 2 N–H and O–H groups in total. The standard InChI is InChI=1S/C20H19FN2O4/c21-15-9-7-13(8-10-15)18(24)22-16-5-3-4-14(12-16)19(25)23-11-2-1-6-17(23)20(26)27/h3-5,7-10,12,17H,1-2,6,11H2,(H,22,24)(H,26,27)/t17-/m1/s1. The molecule has 0 spiro atoms. The van der Waals surface area contributed by atoms with Crippen LogP contribution in [0.1, 0.15) is 40.0 Å². The largest absolute Gasteiger partial charge is 0.480 e. The summed E-state index contributed by atoms with van der Waals surface area (Å²) >= 11 is 0. The average molecular weight is 370 g/mol. The highest BCUT2D eigenvalue weighted by molar-refractivity contribution is 6.05. The highest BCUT2D eigenvalue weighted by atomic mass is 19.1. The van der Waals surface area contributed by atoms with Crippen molar-refractivity contribution in [3.63, 3.8) is 0 Å². The summed E-state index contributed by atoms with van der Waals surface area (Å²) in [7, 11) is 0. The van der Waals surface area contributed by atoms with Gasteiger partial charge in [-0.15, -0.1) is 0 Å². The first-order valence-corrected chi connectivity index (χ1v) is 8.66. The Morgan fingerprint density at radius 3 is 2.48 bits per heavy atom. The lowest BCUT2D eigenvalue weighted by Crippen LogP contribution is -2.48. The Hall–Kier alpha value is -3.22. The number of carbonyl (C=O) groups is 3. The van der Waals surface area contributed by atoms with Crippen LogP contribution in [-0.4, -0.2) is 40.4 Å². The molecule has 2 amide bonds. The van der Waals surface area contributed by atoms with Crippen LogP contribution >= 0.6 is 0 Å². The molecule has 27 heavy (non-hydrogen) atoms. The fourth-order valence-corrected chi connectivity index (χ4v) is 3.13. The lowest BCUT2D eigenvalue weighted by molar-refractivity contribution is -0.143. The molecular weight excluding hydrogens is 351 g/mol. The summed E-state index contributed by atoms with van der Waals surface area (Å²) in [4.78, 5) is 37.8. The second-order valence-corrected chi connectivity index (χ2v) is 6.39. The van der Waals surface area contributed by atoms with E-state index in [1.54, 1.807) is 18.2 Å². The summed E-state index contributed by atoms with van der Waals surface area (Å²) < 4.78 is 13.0. The molecule has 1 heterocycles. The Bertz CT molecular complexity index is 867. The smallest absolute Gasteiger partial charge is 0.326 e. The van der Waals surface area contributed by atoms with Crippen LogP contribution < -0.4 is 5.32 Å². The van der Waals surface area contributed by atoms with Crippen LogP contribution in [0.15, 0.2) is 48.5 Å². The van der Waals surface area contributed by atoms with Gasteiger partial charge in [0, 0.05) is 23.4 Å². The number of hydrogen-bond acceptors (Lipinski definition) is 3. The van der Waals surface area contributed by atoms with E-state index in [0.29, 0.717) is 24.2 Å². The predicted molar refractivity (Wildman–Crippen MR) is 97.1 cm³/mol. The minimum absolute atomic E-state index is 0.287. The Morgan fingerprint density at radius 1 is 1.04 bits per heavy atom. The summed E-state index contributed by atoms with van der Waals surface area (Å²) in [6.07, 6.45) is 1.97. The highest BCUT2D eigenvalue weighted by Crippen LogP contribution is 2.21. The van der Waals surface area contributed by atoms with Gasteiger partial charge < -0.3 is 15.3 Å². The maximum absolute atomic E-state index is 13.0. The number of rotatable bonds is 4. The molecule has 1 fully saturated rings. The first kappa shape index (κ1) is 18.6. The fraction of sp³-hybridized carbons (Fsp3) is 0.250. The van der Waals surface area contributed by atoms with E-state index in [0.717, 1.165) is 12.8 Å². The fourth-order valence-electron chi connectivity index (χ4n) is 3.13. The van der Waals surface area contributed by atoms with Crippen molar-refractivity contribution in [2.24, 2.45) is 0 Å². The van der Waals surface area contributed by atoms with Gasteiger partial charge in [-0.2, -0.15) is 0 Å². The molecule has 0 aromatic heterocycles.